The Morgan fingerprint density at radius 1 is 1.13 bits per heavy atom. The molecule has 0 N–H and O–H groups in total. The van der Waals surface area contributed by atoms with Gasteiger partial charge in [0, 0.05) is 32.7 Å². The number of rotatable bonds is 6. The van der Waals surface area contributed by atoms with Gasteiger partial charge in [-0.05, 0) is 52.7 Å². The number of ether oxygens (including phenoxy) is 1. The second kappa shape index (κ2) is 9.32. The van der Waals surface area contributed by atoms with Gasteiger partial charge in [0.25, 0.3) is 5.91 Å². The second-order valence-electron chi connectivity index (χ2n) is 7.74. The molecule has 3 rings (SSSR count). The molecule has 0 unspecified atom stereocenters. The van der Waals surface area contributed by atoms with Crippen molar-refractivity contribution in [1.29, 1.82) is 0 Å². The number of likely N-dealkylation sites (tertiary alicyclic amines) is 1. The molecule has 0 bridgehead atoms. The number of piperidine rings is 1. The Morgan fingerprint density at radius 3 is 2.37 bits per heavy atom. The minimum Gasteiger partial charge on any atom is -0.450 e. The van der Waals surface area contributed by atoms with Crippen LogP contribution in [0.25, 0.3) is 0 Å². The fourth-order valence-electron chi connectivity index (χ4n) is 4.03. The molecule has 1 fully saturated rings. The Hall–Kier alpha value is -2.84. The van der Waals surface area contributed by atoms with Crippen molar-refractivity contribution in [3.8, 4) is 0 Å². The molecule has 3 heterocycles. The van der Waals surface area contributed by atoms with Gasteiger partial charge >= 0.3 is 6.09 Å². The summed E-state index contributed by atoms with van der Waals surface area (Å²) < 4.78 is 8.71. The van der Waals surface area contributed by atoms with Gasteiger partial charge in [0.05, 0.1) is 30.2 Å². The summed E-state index contributed by atoms with van der Waals surface area (Å²) in [6, 6.07) is 3.89. The maximum atomic E-state index is 13.6. The number of aryl methyl sites for hydroxylation is 4. The molecular weight excluding hydrogens is 384 g/mol. The van der Waals surface area contributed by atoms with Gasteiger partial charge in [-0.2, -0.15) is 10.2 Å². The summed E-state index contributed by atoms with van der Waals surface area (Å²) in [6.07, 6.45) is 1.14. The van der Waals surface area contributed by atoms with Gasteiger partial charge in [-0.1, -0.05) is 0 Å². The Morgan fingerprint density at radius 2 is 1.80 bits per heavy atom. The lowest BCUT2D eigenvalue weighted by Crippen LogP contribution is -2.49. The van der Waals surface area contributed by atoms with E-state index < -0.39 is 0 Å². The van der Waals surface area contributed by atoms with Crippen LogP contribution in [0.3, 0.4) is 0 Å². The molecule has 9 nitrogen and oxygen atoms in total. The summed E-state index contributed by atoms with van der Waals surface area (Å²) >= 11 is 0. The maximum Gasteiger partial charge on any atom is 0.409 e. The summed E-state index contributed by atoms with van der Waals surface area (Å²) in [7, 11) is 1.90. The van der Waals surface area contributed by atoms with Crippen LogP contribution in [0, 0.1) is 13.8 Å². The van der Waals surface area contributed by atoms with Crippen LogP contribution >= 0.6 is 0 Å². The minimum absolute atomic E-state index is 0.0268. The number of hydrogen-bond donors (Lipinski definition) is 0. The number of hydrogen-bond acceptors (Lipinski definition) is 5. The summed E-state index contributed by atoms with van der Waals surface area (Å²) in [4.78, 5) is 29.3. The van der Waals surface area contributed by atoms with Gasteiger partial charge in [0.15, 0.2) is 0 Å². The summed E-state index contributed by atoms with van der Waals surface area (Å²) in [5, 5.41) is 8.87. The van der Waals surface area contributed by atoms with Gasteiger partial charge in [-0.15, -0.1) is 0 Å². The number of aromatic nitrogens is 4. The van der Waals surface area contributed by atoms with Gasteiger partial charge < -0.3 is 14.5 Å². The first-order chi connectivity index (χ1) is 14.3. The minimum atomic E-state index is -0.282. The van der Waals surface area contributed by atoms with E-state index in [2.05, 4.69) is 10.2 Å². The third-order valence-electron chi connectivity index (χ3n) is 5.54. The summed E-state index contributed by atoms with van der Waals surface area (Å²) in [5.41, 5.74) is 3.33. The van der Waals surface area contributed by atoms with E-state index in [0.29, 0.717) is 51.3 Å². The van der Waals surface area contributed by atoms with Gasteiger partial charge in [-0.25, -0.2) is 4.79 Å². The normalized spacial score (nSPS) is 14.8. The molecule has 30 heavy (non-hydrogen) atoms. The molecule has 0 spiro atoms. The SMILES string of the molecule is CCOC(=O)N1CCC(N(Cc2cc(C)nn2C)C(=O)c2cc(C)nn2CC)CC1. The fourth-order valence-corrected chi connectivity index (χ4v) is 4.03. The van der Waals surface area contributed by atoms with Crippen molar-refractivity contribution in [1.82, 2.24) is 29.4 Å². The first kappa shape index (κ1) is 21.9. The van der Waals surface area contributed by atoms with E-state index in [1.54, 1.807) is 16.5 Å². The lowest BCUT2D eigenvalue weighted by atomic mass is 10.0. The molecule has 0 aliphatic carbocycles. The highest BCUT2D eigenvalue weighted by atomic mass is 16.6. The van der Waals surface area contributed by atoms with Crippen molar-refractivity contribution in [2.75, 3.05) is 19.7 Å². The van der Waals surface area contributed by atoms with Gasteiger partial charge in [0.1, 0.15) is 5.69 Å². The number of nitrogens with zero attached hydrogens (tertiary/aromatic N) is 6. The zero-order chi connectivity index (χ0) is 21.8. The van der Waals surface area contributed by atoms with Crippen molar-refractivity contribution in [3.05, 3.63) is 34.9 Å². The average molecular weight is 417 g/mol. The van der Waals surface area contributed by atoms with Crippen molar-refractivity contribution in [2.45, 2.75) is 59.7 Å². The molecule has 0 saturated carbocycles. The highest BCUT2D eigenvalue weighted by Gasteiger charge is 2.32. The predicted octanol–water partition coefficient (Wildman–Crippen LogP) is 2.52. The van der Waals surface area contributed by atoms with Crippen LogP contribution in [0.5, 0.6) is 0 Å². The number of carbonyl (C=O) groups excluding carboxylic acids is 2. The maximum absolute atomic E-state index is 13.6. The first-order valence-corrected chi connectivity index (χ1v) is 10.6. The van der Waals surface area contributed by atoms with Gasteiger partial charge in [-0.3, -0.25) is 14.2 Å². The lowest BCUT2D eigenvalue weighted by molar-refractivity contribution is 0.0500. The largest absolute Gasteiger partial charge is 0.450 e. The summed E-state index contributed by atoms with van der Waals surface area (Å²) in [6.45, 7) is 10.2. The zero-order valence-corrected chi connectivity index (χ0v) is 18.6. The molecule has 1 aliphatic rings. The molecule has 164 valence electrons. The molecule has 1 aliphatic heterocycles. The van der Waals surface area contributed by atoms with E-state index in [9.17, 15) is 9.59 Å². The summed E-state index contributed by atoms with van der Waals surface area (Å²) in [5.74, 6) is -0.0362. The van der Waals surface area contributed by atoms with Crippen LogP contribution in [0.2, 0.25) is 0 Å². The molecule has 2 aromatic rings. The standard InChI is InChI=1S/C21H32N6O3/c1-6-27-19(13-16(4)23-27)20(28)26(14-18-12-15(3)22-24(18)5)17-8-10-25(11-9-17)21(29)30-7-2/h12-13,17H,6-11,14H2,1-5H3. The lowest BCUT2D eigenvalue weighted by Gasteiger charge is -2.38. The molecule has 0 aromatic carbocycles. The zero-order valence-electron chi connectivity index (χ0n) is 18.6. The third kappa shape index (κ3) is 4.66. The van der Waals surface area contributed by atoms with Crippen LogP contribution in [0.4, 0.5) is 4.79 Å². The second-order valence-corrected chi connectivity index (χ2v) is 7.74. The Balaban J connectivity index is 1.84. The van der Waals surface area contributed by atoms with Crippen LogP contribution in [-0.2, 0) is 24.9 Å². The van der Waals surface area contributed by atoms with Gasteiger partial charge in [0.2, 0.25) is 0 Å². The fraction of sp³-hybridized carbons (Fsp3) is 0.619. The van der Waals surface area contributed by atoms with Crippen LogP contribution in [0.15, 0.2) is 12.1 Å². The highest BCUT2D eigenvalue weighted by molar-refractivity contribution is 5.93. The van der Waals surface area contributed by atoms with E-state index in [-0.39, 0.29) is 18.0 Å². The predicted molar refractivity (Wildman–Crippen MR) is 112 cm³/mol. The average Bonchev–Trinajstić information content (AvgIpc) is 3.26. The Labute approximate surface area is 177 Å². The Kier molecular flexibility index (Phi) is 6.79. The van der Waals surface area contributed by atoms with E-state index in [4.69, 9.17) is 4.74 Å². The molecular formula is C21H32N6O3. The van der Waals surface area contributed by atoms with Crippen molar-refractivity contribution in [2.24, 2.45) is 7.05 Å². The van der Waals surface area contributed by atoms with E-state index in [1.807, 2.05) is 49.5 Å². The molecule has 1 saturated heterocycles. The quantitative estimate of drug-likeness (QED) is 0.722. The van der Waals surface area contributed by atoms with Crippen molar-refractivity contribution >= 4 is 12.0 Å². The first-order valence-electron chi connectivity index (χ1n) is 10.6. The number of amides is 2. The molecule has 0 radical (unpaired) electrons. The molecule has 2 aromatic heterocycles. The van der Waals surface area contributed by atoms with E-state index >= 15 is 0 Å². The van der Waals surface area contributed by atoms with Crippen molar-refractivity contribution in [3.63, 3.8) is 0 Å². The Bertz CT molecular complexity index is 895. The highest BCUT2D eigenvalue weighted by Crippen LogP contribution is 2.23. The number of carbonyl (C=O) groups is 2. The van der Waals surface area contributed by atoms with E-state index in [1.165, 1.54) is 0 Å². The van der Waals surface area contributed by atoms with Crippen LogP contribution in [-0.4, -0.2) is 67.1 Å². The topological polar surface area (TPSA) is 85.5 Å². The molecule has 9 heteroatoms. The van der Waals surface area contributed by atoms with E-state index in [0.717, 1.165) is 17.1 Å². The third-order valence-corrected chi connectivity index (χ3v) is 5.54. The van der Waals surface area contributed by atoms with Crippen LogP contribution < -0.4 is 0 Å². The smallest absolute Gasteiger partial charge is 0.409 e. The van der Waals surface area contributed by atoms with Crippen molar-refractivity contribution < 1.29 is 14.3 Å². The monoisotopic (exact) mass is 416 g/mol. The molecule has 0 atom stereocenters. The van der Waals surface area contributed by atoms with Crippen LogP contribution in [0.1, 0.15) is 54.3 Å². The molecule has 2 amide bonds.